The Morgan fingerprint density at radius 3 is 2.70 bits per heavy atom. The smallest absolute Gasteiger partial charge is 0.191 e. The number of benzene rings is 1. The largest absolute Gasteiger partial charge is 0.356 e. The fourth-order valence-electron chi connectivity index (χ4n) is 3.02. The van der Waals surface area contributed by atoms with Crippen molar-refractivity contribution in [2.75, 3.05) is 13.6 Å². The maximum Gasteiger partial charge on any atom is 0.191 e. The SMILES string of the molecule is CN=C(NCCCn1cccn1)NCc1ccccc1-n1nc(C)cc1C. The Balaban J connectivity index is 1.56. The summed E-state index contributed by atoms with van der Waals surface area (Å²) in [4.78, 5) is 4.31. The van der Waals surface area contributed by atoms with Crippen molar-refractivity contribution in [2.24, 2.45) is 4.99 Å². The second-order valence-electron chi connectivity index (χ2n) is 6.44. The molecule has 2 N–H and O–H groups in total. The predicted octanol–water partition coefficient (Wildman–Crippen LogP) is 2.44. The van der Waals surface area contributed by atoms with Crippen LogP contribution in [0.4, 0.5) is 0 Å². The van der Waals surface area contributed by atoms with Crippen molar-refractivity contribution < 1.29 is 0 Å². The molecule has 0 spiro atoms. The van der Waals surface area contributed by atoms with Gasteiger partial charge in [-0.2, -0.15) is 10.2 Å². The van der Waals surface area contributed by atoms with Crippen LogP contribution in [0.1, 0.15) is 23.4 Å². The number of hydrogen-bond donors (Lipinski definition) is 2. The van der Waals surface area contributed by atoms with E-state index < -0.39 is 0 Å². The molecule has 2 heterocycles. The van der Waals surface area contributed by atoms with E-state index in [4.69, 9.17) is 0 Å². The Bertz CT molecular complexity index is 878. The van der Waals surface area contributed by atoms with Gasteiger partial charge in [0.25, 0.3) is 0 Å². The molecule has 0 atom stereocenters. The van der Waals surface area contributed by atoms with Gasteiger partial charge >= 0.3 is 0 Å². The molecular formula is C20H27N7. The molecule has 2 aromatic heterocycles. The molecule has 3 aromatic rings. The van der Waals surface area contributed by atoms with E-state index in [9.17, 15) is 0 Å². The van der Waals surface area contributed by atoms with E-state index >= 15 is 0 Å². The van der Waals surface area contributed by atoms with E-state index in [2.05, 4.69) is 50.9 Å². The highest BCUT2D eigenvalue weighted by Crippen LogP contribution is 2.16. The zero-order chi connectivity index (χ0) is 19.1. The van der Waals surface area contributed by atoms with Crippen molar-refractivity contribution in [1.82, 2.24) is 30.2 Å². The number of guanidine groups is 1. The summed E-state index contributed by atoms with van der Waals surface area (Å²) < 4.78 is 3.93. The quantitative estimate of drug-likeness (QED) is 0.383. The maximum atomic E-state index is 4.61. The van der Waals surface area contributed by atoms with E-state index in [-0.39, 0.29) is 0 Å². The molecule has 0 fully saturated rings. The summed E-state index contributed by atoms with van der Waals surface area (Å²) in [7, 11) is 1.79. The molecule has 0 saturated carbocycles. The van der Waals surface area contributed by atoms with E-state index in [1.54, 1.807) is 13.2 Å². The van der Waals surface area contributed by atoms with Gasteiger partial charge in [-0.1, -0.05) is 18.2 Å². The Hall–Kier alpha value is -3.09. The summed E-state index contributed by atoms with van der Waals surface area (Å²) in [5.74, 6) is 0.790. The number of rotatable bonds is 7. The van der Waals surface area contributed by atoms with Gasteiger partial charge in [0.1, 0.15) is 0 Å². The van der Waals surface area contributed by atoms with Crippen LogP contribution in [0.3, 0.4) is 0 Å². The highest BCUT2D eigenvalue weighted by Gasteiger charge is 2.09. The van der Waals surface area contributed by atoms with Crippen molar-refractivity contribution >= 4 is 5.96 Å². The van der Waals surface area contributed by atoms with Crippen molar-refractivity contribution in [3.63, 3.8) is 0 Å². The Kier molecular flexibility index (Phi) is 6.25. The van der Waals surface area contributed by atoms with Crippen LogP contribution in [0.15, 0.2) is 53.8 Å². The van der Waals surface area contributed by atoms with Crippen LogP contribution in [0, 0.1) is 13.8 Å². The minimum Gasteiger partial charge on any atom is -0.356 e. The summed E-state index contributed by atoms with van der Waals surface area (Å²) in [6, 6.07) is 12.3. The predicted molar refractivity (Wildman–Crippen MR) is 108 cm³/mol. The molecule has 142 valence electrons. The zero-order valence-corrected chi connectivity index (χ0v) is 16.2. The third-order valence-electron chi connectivity index (χ3n) is 4.31. The van der Waals surface area contributed by atoms with Gasteiger partial charge in [-0.05, 0) is 44.0 Å². The minimum absolute atomic E-state index is 0.674. The third kappa shape index (κ3) is 4.97. The molecule has 0 aliphatic rings. The van der Waals surface area contributed by atoms with Gasteiger partial charge in [0.15, 0.2) is 5.96 Å². The second kappa shape index (κ2) is 9.02. The molecule has 0 unspecified atom stereocenters. The monoisotopic (exact) mass is 365 g/mol. The number of nitrogens with one attached hydrogen (secondary N) is 2. The molecule has 1 aromatic carbocycles. The van der Waals surface area contributed by atoms with Gasteiger partial charge in [-0.15, -0.1) is 0 Å². The van der Waals surface area contributed by atoms with Crippen LogP contribution in [0.2, 0.25) is 0 Å². The van der Waals surface area contributed by atoms with Gasteiger partial charge in [-0.25, -0.2) is 4.68 Å². The fourth-order valence-corrected chi connectivity index (χ4v) is 3.02. The number of hydrogen-bond acceptors (Lipinski definition) is 3. The first-order valence-electron chi connectivity index (χ1n) is 9.21. The molecule has 0 radical (unpaired) electrons. The molecule has 0 aliphatic heterocycles. The lowest BCUT2D eigenvalue weighted by Crippen LogP contribution is -2.37. The van der Waals surface area contributed by atoms with Crippen molar-refractivity contribution in [3.05, 3.63) is 65.7 Å². The van der Waals surface area contributed by atoms with Crippen molar-refractivity contribution in [1.29, 1.82) is 0 Å². The lowest BCUT2D eigenvalue weighted by Gasteiger charge is -2.15. The lowest BCUT2D eigenvalue weighted by atomic mass is 10.1. The van der Waals surface area contributed by atoms with Gasteiger partial charge in [-0.3, -0.25) is 9.67 Å². The Morgan fingerprint density at radius 1 is 1.15 bits per heavy atom. The average molecular weight is 365 g/mol. The lowest BCUT2D eigenvalue weighted by molar-refractivity contribution is 0.570. The van der Waals surface area contributed by atoms with Crippen LogP contribution in [-0.4, -0.2) is 39.1 Å². The highest BCUT2D eigenvalue weighted by molar-refractivity contribution is 5.79. The van der Waals surface area contributed by atoms with Gasteiger partial charge in [0, 0.05) is 44.8 Å². The molecule has 3 rings (SSSR count). The maximum absolute atomic E-state index is 4.61. The molecular weight excluding hydrogens is 338 g/mol. The standard InChI is InChI=1S/C20H27N7/c1-16-14-17(2)27(25-16)19-9-5-4-8-18(19)15-23-20(21-3)22-10-6-12-26-13-7-11-24-26/h4-5,7-9,11,13-14H,6,10,12,15H2,1-3H3,(H2,21,22,23). The third-order valence-corrected chi connectivity index (χ3v) is 4.31. The first-order valence-corrected chi connectivity index (χ1v) is 9.21. The summed E-state index contributed by atoms with van der Waals surface area (Å²) >= 11 is 0. The molecule has 0 aliphatic carbocycles. The zero-order valence-electron chi connectivity index (χ0n) is 16.2. The summed E-state index contributed by atoms with van der Waals surface area (Å²) in [6.45, 7) is 6.48. The first kappa shape index (κ1) is 18.7. The molecule has 7 heteroatoms. The van der Waals surface area contributed by atoms with Crippen LogP contribution < -0.4 is 10.6 Å². The fraction of sp³-hybridized carbons (Fsp3) is 0.350. The van der Waals surface area contributed by atoms with Crippen LogP contribution in [0.5, 0.6) is 0 Å². The number of aliphatic imine (C=N–C) groups is 1. The highest BCUT2D eigenvalue weighted by atomic mass is 15.3. The van der Waals surface area contributed by atoms with Gasteiger partial charge < -0.3 is 10.6 Å². The van der Waals surface area contributed by atoms with E-state index in [0.29, 0.717) is 6.54 Å². The van der Waals surface area contributed by atoms with Crippen LogP contribution in [0.25, 0.3) is 5.69 Å². The second-order valence-corrected chi connectivity index (χ2v) is 6.44. The molecule has 7 nitrogen and oxygen atoms in total. The number of nitrogens with zero attached hydrogens (tertiary/aromatic N) is 5. The van der Waals surface area contributed by atoms with E-state index in [1.807, 2.05) is 40.7 Å². The van der Waals surface area contributed by atoms with E-state index in [0.717, 1.165) is 42.5 Å². The molecule has 0 saturated heterocycles. The van der Waals surface area contributed by atoms with Crippen LogP contribution in [-0.2, 0) is 13.1 Å². The van der Waals surface area contributed by atoms with Gasteiger partial charge in [0.2, 0.25) is 0 Å². The summed E-state index contributed by atoms with van der Waals surface area (Å²) in [5, 5.41) is 15.6. The van der Waals surface area contributed by atoms with Crippen LogP contribution >= 0.6 is 0 Å². The molecule has 27 heavy (non-hydrogen) atoms. The minimum atomic E-state index is 0.674. The summed E-state index contributed by atoms with van der Waals surface area (Å²) in [6.07, 6.45) is 4.75. The Morgan fingerprint density at radius 2 is 2.00 bits per heavy atom. The average Bonchev–Trinajstić information content (AvgIpc) is 3.30. The first-order chi connectivity index (χ1) is 13.2. The number of aromatic nitrogens is 4. The molecule has 0 amide bonds. The number of aryl methyl sites for hydroxylation is 3. The number of para-hydroxylation sites is 1. The topological polar surface area (TPSA) is 72.1 Å². The van der Waals surface area contributed by atoms with Crippen molar-refractivity contribution in [3.8, 4) is 5.69 Å². The van der Waals surface area contributed by atoms with Crippen molar-refractivity contribution in [2.45, 2.75) is 33.4 Å². The normalized spacial score (nSPS) is 11.6. The van der Waals surface area contributed by atoms with E-state index in [1.165, 1.54) is 5.56 Å². The van der Waals surface area contributed by atoms with Gasteiger partial charge in [0.05, 0.1) is 11.4 Å². The summed E-state index contributed by atoms with van der Waals surface area (Å²) in [5.41, 5.74) is 4.40. The molecule has 0 bridgehead atoms. The Labute approximate surface area is 160 Å².